The minimum absolute atomic E-state index is 0.0940. The molecule has 1 aliphatic rings. The van der Waals surface area contributed by atoms with E-state index in [0.717, 1.165) is 37.1 Å². The van der Waals surface area contributed by atoms with Gasteiger partial charge in [0.1, 0.15) is 0 Å². The molecule has 0 bridgehead atoms. The smallest absolute Gasteiger partial charge is 0.378 e. The number of ether oxygens (including phenoxy) is 1. The molecule has 134 valence electrons. The van der Waals surface area contributed by atoms with Crippen LogP contribution in [0.4, 0.5) is 0 Å². The van der Waals surface area contributed by atoms with Crippen molar-refractivity contribution in [1.82, 2.24) is 24.9 Å². The Morgan fingerprint density at radius 1 is 1.20 bits per heavy atom. The molecule has 1 amide bonds. The Morgan fingerprint density at radius 3 is 2.64 bits per heavy atom. The summed E-state index contributed by atoms with van der Waals surface area (Å²) in [4.78, 5) is 32.4. The standard InChI is InChI=1S/C17H23N5O3/c1-11-9-12(2)22-17(18-11)20-15(21-22)16(24)25-10-14(23)19-13-7-5-3-4-6-8-13/h9,13H,3-8,10H2,1-2H3,(H,19,23). The third kappa shape index (κ3) is 4.32. The number of amides is 1. The number of nitrogens with one attached hydrogen (secondary N) is 1. The number of esters is 1. The van der Waals surface area contributed by atoms with E-state index in [1.54, 1.807) is 0 Å². The van der Waals surface area contributed by atoms with Crippen LogP contribution in [0.3, 0.4) is 0 Å². The molecule has 2 aromatic rings. The lowest BCUT2D eigenvalue weighted by Gasteiger charge is -2.15. The van der Waals surface area contributed by atoms with Crippen molar-refractivity contribution < 1.29 is 14.3 Å². The summed E-state index contributed by atoms with van der Waals surface area (Å²) in [7, 11) is 0. The van der Waals surface area contributed by atoms with Gasteiger partial charge in [-0.05, 0) is 32.8 Å². The second kappa shape index (κ2) is 7.58. The van der Waals surface area contributed by atoms with Gasteiger partial charge >= 0.3 is 5.97 Å². The first-order chi connectivity index (χ1) is 12.0. The van der Waals surface area contributed by atoms with E-state index in [2.05, 4.69) is 20.4 Å². The van der Waals surface area contributed by atoms with E-state index >= 15 is 0 Å². The summed E-state index contributed by atoms with van der Waals surface area (Å²) >= 11 is 0. The van der Waals surface area contributed by atoms with Crippen LogP contribution in [0, 0.1) is 13.8 Å². The third-order valence-electron chi connectivity index (χ3n) is 4.36. The van der Waals surface area contributed by atoms with E-state index in [0.29, 0.717) is 5.78 Å². The lowest BCUT2D eigenvalue weighted by Crippen LogP contribution is -2.37. The summed E-state index contributed by atoms with van der Waals surface area (Å²) in [5, 5.41) is 7.03. The van der Waals surface area contributed by atoms with Crippen LogP contribution >= 0.6 is 0 Å². The van der Waals surface area contributed by atoms with Gasteiger partial charge in [-0.1, -0.05) is 25.7 Å². The van der Waals surface area contributed by atoms with Crippen molar-refractivity contribution in [2.75, 3.05) is 6.61 Å². The van der Waals surface area contributed by atoms with E-state index in [9.17, 15) is 9.59 Å². The van der Waals surface area contributed by atoms with Gasteiger partial charge in [-0.3, -0.25) is 4.79 Å². The second-order valence-electron chi connectivity index (χ2n) is 6.52. The Kier molecular flexibility index (Phi) is 5.25. The van der Waals surface area contributed by atoms with Gasteiger partial charge in [0, 0.05) is 17.4 Å². The average Bonchev–Trinajstić information content (AvgIpc) is 2.83. The quantitative estimate of drug-likeness (QED) is 0.669. The van der Waals surface area contributed by atoms with E-state index in [4.69, 9.17) is 4.74 Å². The second-order valence-corrected chi connectivity index (χ2v) is 6.52. The number of hydrogen-bond acceptors (Lipinski definition) is 6. The zero-order valence-electron chi connectivity index (χ0n) is 14.6. The van der Waals surface area contributed by atoms with Crippen molar-refractivity contribution in [2.24, 2.45) is 0 Å². The highest BCUT2D eigenvalue weighted by Crippen LogP contribution is 2.17. The van der Waals surface area contributed by atoms with Crippen LogP contribution in [-0.4, -0.2) is 44.1 Å². The van der Waals surface area contributed by atoms with Crippen LogP contribution in [0.2, 0.25) is 0 Å². The van der Waals surface area contributed by atoms with Crippen LogP contribution < -0.4 is 5.32 Å². The molecule has 2 heterocycles. The Balaban J connectivity index is 1.57. The molecule has 1 fully saturated rings. The highest BCUT2D eigenvalue weighted by Gasteiger charge is 2.19. The van der Waals surface area contributed by atoms with Crippen LogP contribution in [0.5, 0.6) is 0 Å². The number of aromatic nitrogens is 4. The molecule has 0 radical (unpaired) electrons. The zero-order valence-corrected chi connectivity index (χ0v) is 14.6. The summed E-state index contributed by atoms with van der Waals surface area (Å²) in [6.45, 7) is 3.37. The number of rotatable bonds is 4. The van der Waals surface area contributed by atoms with Gasteiger partial charge in [-0.25, -0.2) is 14.3 Å². The Labute approximate surface area is 146 Å². The molecule has 0 saturated heterocycles. The van der Waals surface area contributed by atoms with Crippen molar-refractivity contribution in [2.45, 2.75) is 58.4 Å². The largest absolute Gasteiger partial charge is 0.450 e. The number of hydrogen-bond donors (Lipinski definition) is 1. The molecular formula is C17H23N5O3. The number of aryl methyl sites for hydroxylation is 2. The highest BCUT2D eigenvalue weighted by molar-refractivity contribution is 5.88. The van der Waals surface area contributed by atoms with E-state index in [1.165, 1.54) is 17.4 Å². The predicted molar refractivity (Wildman–Crippen MR) is 90.2 cm³/mol. The van der Waals surface area contributed by atoms with Gasteiger partial charge in [0.15, 0.2) is 6.61 Å². The summed E-state index contributed by atoms with van der Waals surface area (Å²) < 4.78 is 6.53. The molecule has 2 aromatic heterocycles. The monoisotopic (exact) mass is 345 g/mol. The summed E-state index contributed by atoms with van der Waals surface area (Å²) in [5.41, 5.74) is 1.61. The maximum atomic E-state index is 12.1. The predicted octanol–water partition coefficient (Wildman–Crippen LogP) is 1.74. The number of carbonyl (C=O) groups excluding carboxylic acids is 2. The summed E-state index contributed by atoms with van der Waals surface area (Å²) in [6, 6.07) is 2.02. The normalized spacial score (nSPS) is 15.8. The fraction of sp³-hybridized carbons (Fsp3) is 0.588. The number of fused-ring (bicyclic) bond motifs is 1. The van der Waals surface area contributed by atoms with Gasteiger partial charge in [0.2, 0.25) is 0 Å². The van der Waals surface area contributed by atoms with Gasteiger partial charge in [-0.2, -0.15) is 4.98 Å². The molecule has 0 unspecified atom stereocenters. The summed E-state index contributed by atoms with van der Waals surface area (Å²) in [5.74, 6) is -0.761. The number of nitrogens with zero attached hydrogens (tertiary/aromatic N) is 4. The van der Waals surface area contributed by atoms with Gasteiger partial charge in [0.25, 0.3) is 17.5 Å². The molecule has 0 atom stereocenters. The maximum absolute atomic E-state index is 12.1. The molecule has 0 spiro atoms. The van der Waals surface area contributed by atoms with Crippen LogP contribution in [0.15, 0.2) is 6.07 Å². The van der Waals surface area contributed by atoms with Crippen LogP contribution in [0.25, 0.3) is 5.78 Å². The summed E-state index contributed by atoms with van der Waals surface area (Å²) in [6.07, 6.45) is 6.65. The van der Waals surface area contributed by atoms with Crippen molar-refractivity contribution in [3.8, 4) is 0 Å². The minimum Gasteiger partial charge on any atom is -0.450 e. The molecule has 1 saturated carbocycles. The first kappa shape index (κ1) is 17.3. The lowest BCUT2D eigenvalue weighted by molar-refractivity contribution is -0.125. The Morgan fingerprint density at radius 2 is 1.92 bits per heavy atom. The van der Waals surface area contributed by atoms with Gasteiger partial charge in [0.05, 0.1) is 0 Å². The Hall–Kier alpha value is -2.51. The maximum Gasteiger partial charge on any atom is 0.378 e. The van der Waals surface area contributed by atoms with Crippen molar-refractivity contribution in [1.29, 1.82) is 0 Å². The fourth-order valence-electron chi connectivity index (χ4n) is 3.14. The van der Waals surface area contributed by atoms with E-state index in [-0.39, 0.29) is 24.4 Å². The van der Waals surface area contributed by atoms with Crippen LogP contribution in [-0.2, 0) is 9.53 Å². The molecule has 3 rings (SSSR count). The van der Waals surface area contributed by atoms with Gasteiger partial charge in [-0.15, -0.1) is 5.10 Å². The Bertz CT molecular complexity index is 778. The molecule has 25 heavy (non-hydrogen) atoms. The number of carbonyl (C=O) groups is 2. The minimum atomic E-state index is -0.724. The van der Waals surface area contributed by atoms with E-state index in [1.807, 2.05) is 19.9 Å². The SMILES string of the molecule is Cc1cc(C)n2nc(C(=O)OCC(=O)NC3CCCCCC3)nc2n1. The van der Waals surface area contributed by atoms with Crippen LogP contribution in [0.1, 0.15) is 60.5 Å². The van der Waals surface area contributed by atoms with Gasteiger partial charge < -0.3 is 10.1 Å². The van der Waals surface area contributed by atoms with E-state index < -0.39 is 5.97 Å². The molecule has 1 aliphatic carbocycles. The molecule has 0 aliphatic heterocycles. The molecule has 8 heteroatoms. The molecule has 8 nitrogen and oxygen atoms in total. The molecular weight excluding hydrogens is 322 g/mol. The first-order valence-corrected chi connectivity index (χ1v) is 8.70. The van der Waals surface area contributed by atoms with Crippen molar-refractivity contribution in [3.63, 3.8) is 0 Å². The molecule has 0 aromatic carbocycles. The molecule has 1 N–H and O–H groups in total. The lowest BCUT2D eigenvalue weighted by atomic mass is 10.1. The van der Waals surface area contributed by atoms with Crippen molar-refractivity contribution >= 4 is 17.7 Å². The topological polar surface area (TPSA) is 98.5 Å². The third-order valence-corrected chi connectivity index (χ3v) is 4.36. The highest BCUT2D eigenvalue weighted by atomic mass is 16.5. The average molecular weight is 345 g/mol. The first-order valence-electron chi connectivity index (χ1n) is 8.70. The fourth-order valence-corrected chi connectivity index (χ4v) is 3.14. The van der Waals surface area contributed by atoms with Crippen molar-refractivity contribution in [3.05, 3.63) is 23.3 Å². The zero-order chi connectivity index (χ0) is 17.8.